The van der Waals surface area contributed by atoms with Crippen LogP contribution in [0.2, 0.25) is 0 Å². The van der Waals surface area contributed by atoms with Gasteiger partial charge in [-0.05, 0) is 17.7 Å². The summed E-state index contributed by atoms with van der Waals surface area (Å²) in [5.41, 5.74) is 0.756. The van der Waals surface area contributed by atoms with Gasteiger partial charge in [-0.2, -0.15) is 0 Å². The molecule has 148 valence electrons. The molecule has 2 N–H and O–H groups in total. The van der Waals surface area contributed by atoms with Gasteiger partial charge in [0.15, 0.2) is 0 Å². The standard InChI is InChI=1S/C19H22F2N2O2S.ClH/c1-25-12-11-22-9-10-23-19(24)18(14-5-3-2-4-6-14)26-17-8-7-15(20)13-16(17)21;/h2-8,13,18,22H,9-12H2,1H3,(H,23,24);1H. The van der Waals surface area contributed by atoms with Gasteiger partial charge in [0.05, 0.1) is 6.61 Å². The molecule has 0 spiro atoms. The van der Waals surface area contributed by atoms with Crippen LogP contribution in [0.1, 0.15) is 10.8 Å². The first-order valence-corrected chi connectivity index (χ1v) is 9.14. The summed E-state index contributed by atoms with van der Waals surface area (Å²) in [4.78, 5) is 12.9. The van der Waals surface area contributed by atoms with Crippen molar-refractivity contribution in [2.75, 3.05) is 33.4 Å². The van der Waals surface area contributed by atoms with E-state index in [1.165, 1.54) is 12.1 Å². The van der Waals surface area contributed by atoms with Crippen molar-refractivity contribution in [1.29, 1.82) is 0 Å². The monoisotopic (exact) mass is 416 g/mol. The van der Waals surface area contributed by atoms with E-state index >= 15 is 0 Å². The first kappa shape index (κ1) is 23.4. The first-order valence-electron chi connectivity index (χ1n) is 8.26. The smallest absolute Gasteiger partial charge is 0.238 e. The Labute approximate surface area is 168 Å². The van der Waals surface area contributed by atoms with Gasteiger partial charge >= 0.3 is 0 Å². The van der Waals surface area contributed by atoms with Gasteiger partial charge in [-0.1, -0.05) is 30.3 Å². The number of nitrogens with one attached hydrogen (secondary N) is 2. The van der Waals surface area contributed by atoms with E-state index in [9.17, 15) is 13.6 Å². The molecule has 0 saturated carbocycles. The van der Waals surface area contributed by atoms with Crippen LogP contribution in [0.25, 0.3) is 0 Å². The highest BCUT2D eigenvalue weighted by Gasteiger charge is 2.23. The van der Waals surface area contributed by atoms with Gasteiger partial charge in [0.25, 0.3) is 0 Å². The zero-order valence-corrected chi connectivity index (χ0v) is 16.5. The van der Waals surface area contributed by atoms with Crippen molar-refractivity contribution in [2.45, 2.75) is 10.1 Å². The number of amides is 1. The normalized spacial score (nSPS) is 11.5. The van der Waals surface area contributed by atoms with E-state index in [0.29, 0.717) is 26.2 Å². The van der Waals surface area contributed by atoms with E-state index in [1.807, 2.05) is 30.3 Å². The molecule has 0 fully saturated rings. The van der Waals surface area contributed by atoms with Crippen molar-refractivity contribution in [2.24, 2.45) is 0 Å². The van der Waals surface area contributed by atoms with E-state index in [1.54, 1.807) is 7.11 Å². The first-order chi connectivity index (χ1) is 12.6. The van der Waals surface area contributed by atoms with E-state index in [-0.39, 0.29) is 23.2 Å². The van der Waals surface area contributed by atoms with E-state index in [2.05, 4.69) is 10.6 Å². The van der Waals surface area contributed by atoms with Crippen LogP contribution in [0, 0.1) is 11.6 Å². The van der Waals surface area contributed by atoms with Crippen LogP contribution in [0.15, 0.2) is 53.4 Å². The van der Waals surface area contributed by atoms with Crippen LogP contribution >= 0.6 is 24.2 Å². The second-order valence-corrected chi connectivity index (χ2v) is 6.66. The summed E-state index contributed by atoms with van der Waals surface area (Å²) in [6.45, 7) is 2.34. The number of hydrogen-bond donors (Lipinski definition) is 2. The molecule has 2 rings (SSSR count). The molecule has 8 heteroatoms. The molecule has 1 unspecified atom stereocenters. The molecule has 4 nitrogen and oxygen atoms in total. The van der Waals surface area contributed by atoms with Crippen molar-refractivity contribution in [3.8, 4) is 0 Å². The number of carbonyl (C=O) groups excluding carboxylic acids is 1. The Hall–Kier alpha value is -1.67. The highest BCUT2D eigenvalue weighted by atomic mass is 35.5. The highest BCUT2D eigenvalue weighted by molar-refractivity contribution is 8.00. The van der Waals surface area contributed by atoms with Crippen molar-refractivity contribution < 1.29 is 18.3 Å². The van der Waals surface area contributed by atoms with Gasteiger partial charge in [0.2, 0.25) is 5.91 Å². The number of ether oxygens (including phenoxy) is 1. The van der Waals surface area contributed by atoms with Crippen LogP contribution in [0.3, 0.4) is 0 Å². The van der Waals surface area contributed by atoms with Gasteiger partial charge in [-0.15, -0.1) is 24.2 Å². The lowest BCUT2D eigenvalue weighted by atomic mass is 10.1. The minimum atomic E-state index is -0.676. The Morgan fingerprint density at radius 2 is 1.85 bits per heavy atom. The molecule has 1 amide bonds. The fourth-order valence-electron chi connectivity index (χ4n) is 2.26. The number of halogens is 3. The molecule has 0 aliphatic carbocycles. The summed E-state index contributed by atoms with van der Waals surface area (Å²) in [6, 6.07) is 12.5. The maximum Gasteiger partial charge on any atom is 0.238 e. The maximum atomic E-state index is 14.0. The Bertz CT molecular complexity index is 707. The van der Waals surface area contributed by atoms with Crippen molar-refractivity contribution in [1.82, 2.24) is 10.6 Å². The molecule has 0 aromatic heterocycles. The lowest BCUT2D eigenvalue weighted by Crippen LogP contribution is -2.35. The Balaban J connectivity index is 0.00000364. The summed E-state index contributed by atoms with van der Waals surface area (Å²) in [5.74, 6) is -1.54. The SMILES string of the molecule is COCCNCCNC(=O)C(Sc1ccc(F)cc1F)c1ccccc1.Cl. The Kier molecular flexibility index (Phi) is 11.0. The Morgan fingerprint density at radius 1 is 1.11 bits per heavy atom. The third kappa shape index (κ3) is 7.84. The van der Waals surface area contributed by atoms with Crippen LogP contribution in [0.5, 0.6) is 0 Å². The number of benzene rings is 2. The molecular weight excluding hydrogens is 394 g/mol. The fraction of sp³-hybridized carbons (Fsp3) is 0.316. The molecule has 0 heterocycles. The minimum absolute atomic E-state index is 0. The van der Waals surface area contributed by atoms with Gasteiger partial charge in [-0.25, -0.2) is 8.78 Å². The summed E-state index contributed by atoms with van der Waals surface area (Å²) < 4.78 is 32.1. The predicted octanol–water partition coefficient (Wildman–Crippen LogP) is 3.57. The lowest BCUT2D eigenvalue weighted by molar-refractivity contribution is -0.120. The summed E-state index contributed by atoms with van der Waals surface area (Å²) in [5, 5.41) is 5.36. The summed E-state index contributed by atoms with van der Waals surface area (Å²) in [6.07, 6.45) is 0. The molecule has 2 aromatic carbocycles. The van der Waals surface area contributed by atoms with Crippen LogP contribution in [-0.2, 0) is 9.53 Å². The van der Waals surface area contributed by atoms with E-state index in [4.69, 9.17) is 4.74 Å². The molecule has 0 aliphatic rings. The molecule has 0 saturated heterocycles. The van der Waals surface area contributed by atoms with Crippen LogP contribution in [-0.4, -0.2) is 39.3 Å². The highest BCUT2D eigenvalue weighted by Crippen LogP contribution is 2.36. The van der Waals surface area contributed by atoms with E-state index in [0.717, 1.165) is 23.4 Å². The third-order valence-corrected chi connectivity index (χ3v) is 4.87. The van der Waals surface area contributed by atoms with Gasteiger partial charge in [0, 0.05) is 37.7 Å². The predicted molar refractivity (Wildman–Crippen MR) is 106 cm³/mol. The third-order valence-electron chi connectivity index (χ3n) is 3.56. The van der Waals surface area contributed by atoms with Crippen LogP contribution in [0.4, 0.5) is 8.78 Å². The number of rotatable bonds is 10. The maximum absolute atomic E-state index is 14.0. The van der Waals surface area contributed by atoms with Gasteiger partial charge in [-0.3, -0.25) is 4.79 Å². The zero-order valence-electron chi connectivity index (χ0n) is 14.9. The summed E-state index contributed by atoms with van der Waals surface area (Å²) in [7, 11) is 1.62. The molecule has 0 radical (unpaired) electrons. The zero-order chi connectivity index (χ0) is 18.8. The van der Waals surface area contributed by atoms with E-state index < -0.39 is 16.9 Å². The average molecular weight is 417 g/mol. The molecule has 2 aromatic rings. The van der Waals surface area contributed by atoms with Crippen molar-refractivity contribution in [3.05, 3.63) is 65.7 Å². The second kappa shape index (κ2) is 12.7. The molecule has 0 bridgehead atoms. The number of thioether (sulfide) groups is 1. The minimum Gasteiger partial charge on any atom is -0.383 e. The lowest BCUT2D eigenvalue weighted by Gasteiger charge is -2.17. The number of methoxy groups -OCH3 is 1. The topological polar surface area (TPSA) is 50.4 Å². The quantitative estimate of drug-likeness (QED) is 0.459. The molecular formula is C19H23ClF2N2O2S. The fourth-order valence-corrected chi connectivity index (χ4v) is 3.32. The van der Waals surface area contributed by atoms with Crippen molar-refractivity contribution >= 4 is 30.1 Å². The molecule has 0 aliphatic heterocycles. The molecule has 1 atom stereocenters. The largest absolute Gasteiger partial charge is 0.383 e. The average Bonchev–Trinajstić information content (AvgIpc) is 2.64. The Morgan fingerprint density at radius 3 is 2.52 bits per heavy atom. The number of hydrogen-bond acceptors (Lipinski definition) is 4. The van der Waals surface area contributed by atoms with Gasteiger partial charge in [0.1, 0.15) is 16.9 Å². The summed E-state index contributed by atoms with van der Waals surface area (Å²) >= 11 is 1.06. The van der Waals surface area contributed by atoms with Crippen molar-refractivity contribution in [3.63, 3.8) is 0 Å². The second-order valence-electron chi connectivity index (χ2n) is 5.52. The van der Waals surface area contributed by atoms with Crippen LogP contribution < -0.4 is 10.6 Å². The van der Waals surface area contributed by atoms with Gasteiger partial charge < -0.3 is 15.4 Å². The number of carbonyl (C=O) groups is 1. The molecule has 27 heavy (non-hydrogen) atoms.